The summed E-state index contributed by atoms with van der Waals surface area (Å²) in [5.41, 5.74) is 1.58. The van der Waals surface area contributed by atoms with Gasteiger partial charge in [0.2, 0.25) is 15.9 Å². The molecular weight excluding hydrogens is 412 g/mol. The van der Waals surface area contributed by atoms with E-state index in [4.69, 9.17) is 16.3 Å². The van der Waals surface area contributed by atoms with E-state index < -0.39 is 10.0 Å². The molecule has 1 fully saturated rings. The van der Waals surface area contributed by atoms with Gasteiger partial charge in [0.15, 0.2) is 0 Å². The highest BCUT2D eigenvalue weighted by Gasteiger charge is 2.33. The number of amides is 1. The molecule has 0 aliphatic carbocycles. The second kappa shape index (κ2) is 9.15. The minimum atomic E-state index is -3.67. The van der Waals surface area contributed by atoms with Crippen LogP contribution in [0.5, 0.6) is 5.75 Å². The summed E-state index contributed by atoms with van der Waals surface area (Å²) in [7, 11) is -2.12. The first kappa shape index (κ1) is 21.6. The maximum absolute atomic E-state index is 13.1. The normalized spacial score (nSPS) is 17.7. The van der Waals surface area contributed by atoms with Crippen LogP contribution in [0.15, 0.2) is 47.4 Å². The van der Waals surface area contributed by atoms with Crippen LogP contribution in [0.25, 0.3) is 0 Å². The van der Waals surface area contributed by atoms with E-state index in [2.05, 4.69) is 5.32 Å². The van der Waals surface area contributed by atoms with Crippen molar-refractivity contribution in [3.8, 4) is 5.75 Å². The maximum atomic E-state index is 13.1. The molecule has 2 aromatic carbocycles. The first-order valence-electron chi connectivity index (χ1n) is 9.49. The highest BCUT2D eigenvalue weighted by molar-refractivity contribution is 7.89. The Morgan fingerprint density at radius 3 is 2.72 bits per heavy atom. The predicted molar refractivity (Wildman–Crippen MR) is 113 cm³/mol. The Morgan fingerprint density at radius 2 is 2.03 bits per heavy atom. The van der Waals surface area contributed by atoms with Gasteiger partial charge in [-0.05, 0) is 55.2 Å². The van der Waals surface area contributed by atoms with Crippen molar-refractivity contribution in [2.24, 2.45) is 5.92 Å². The number of rotatable bonds is 6. The number of ether oxygens (including phenoxy) is 1. The lowest BCUT2D eigenvalue weighted by Gasteiger charge is -2.31. The number of hydrogen-bond acceptors (Lipinski definition) is 4. The molecule has 3 rings (SSSR count). The lowest BCUT2D eigenvalue weighted by Crippen LogP contribution is -2.45. The van der Waals surface area contributed by atoms with Gasteiger partial charge in [0.05, 0.1) is 17.9 Å². The molecule has 0 aromatic heterocycles. The van der Waals surface area contributed by atoms with Gasteiger partial charge in [-0.2, -0.15) is 4.31 Å². The number of piperidine rings is 1. The minimum Gasteiger partial charge on any atom is -0.496 e. The molecule has 0 radical (unpaired) electrons. The molecule has 0 unspecified atom stereocenters. The summed E-state index contributed by atoms with van der Waals surface area (Å²) in [6, 6.07) is 12.1. The van der Waals surface area contributed by atoms with Crippen molar-refractivity contribution in [2.75, 3.05) is 20.2 Å². The van der Waals surface area contributed by atoms with Crippen molar-refractivity contribution in [1.29, 1.82) is 0 Å². The highest BCUT2D eigenvalue weighted by Crippen LogP contribution is 2.27. The molecule has 156 valence electrons. The fraction of sp³-hybridized carbons (Fsp3) is 0.381. The number of aryl methyl sites for hydroxylation is 1. The average Bonchev–Trinajstić information content (AvgIpc) is 2.73. The van der Waals surface area contributed by atoms with Crippen LogP contribution in [0.2, 0.25) is 5.02 Å². The zero-order valence-electron chi connectivity index (χ0n) is 16.5. The first-order chi connectivity index (χ1) is 13.8. The SMILES string of the molecule is COc1ccc(S(=O)(=O)N2CCC[C@H](C(=O)NCc3ccccc3Cl)C2)cc1C. The van der Waals surface area contributed by atoms with Crippen molar-refractivity contribution in [3.05, 3.63) is 58.6 Å². The molecule has 0 bridgehead atoms. The maximum Gasteiger partial charge on any atom is 0.243 e. The number of hydrogen-bond donors (Lipinski definition) is 1. The third kappa shape index (κ3) is 4.91. The minimum absolute atomic E-state index is 0.157. The molecule has 6 nitrogen and oxygen atoms in total. The summed E-state index contributed by atoms with van der Waals surface area (Å²) in [5.74, 6) is 0.0931. The largest absolute Gasteiger partial charge is 0.496 e. The first-order valence-corrected chi connectivity index (χ1v) is 11.3. The molecule has 0 spiro atoms. The van der Waals surface area contributed by atoms with Crippen LogP contribution in [0.3, 0.4) is 0 Å². The van der Waals surface area contributed by atoms with Crippen molar-refractivity contribution >= 4 is 27.5 Å². The zero-order chi connectivity index (χ0) is 21.0. The van der Waals surface area contributed by atoms with Gasteiger partial charge in [0, 0.05) is 24.7 Å². The van der Waals surface area contributed by atoms with Crippen LogP contribution >= 0.6 is 11.6 Å². The Hall–Kier alpha value is -2.09. The lowest BCUT2D eigenvalue weighted by molar-refractivity contribution is -0.126. The molecule has 1 aliphatic heterocycles. The molecule has 1 N–H and O–H groups in total. The second-order valence-electron chi connectivity index (χ2n) is 7.14. The quantitative estimate of drug-likeness (QED) is 0.753. The van der Waals surface area contributed by atoms with Crippen molar-refractivity contribution in [3.63, 3.8) is 0 Å². The summed E-state index contributed by atoms with van der Waals surface area (Å²) >= 11 is 6.13. The van der Waals surface area contributed by atoms with Crippen molar-refractivity contribution in [1.82, 2.24) is 9.62 Å². The van der Waals surface area contributed by atoms with Crippen LogP contribution < -0.4 is 10.1 Å². The van der Waals surface area contributed by atoms with E-state index in [-0.39, 0.29) is 23.3 Å². The summed E-state index contributed by atoms with van der Waals surface area (Å²) in [6.07, 6.45) is 1.29. The molecule has 29 heavy (non-hydrogen) atoms. The Kier molecular flexibility index (Phi) is 6.82. The molecule has 1 aliphatic rings. The number of methoxy groups -OCH3 is 1. The number of carbonyl (C=O) groups is 1. The van der Waals surface area contributed by atoms with E-state index in [0.717, 1.165) is 11.1 Å². The number of nitrogens with zero attached hydrogens (tertiary/aromatic N) is 1. The lowest BCUT2D eigenvalue weighted by atomic mass is 9.99. The third-order valence-electron chi connectivity index (χ3n) is 5.17. The summed E-state index contributed by atoms with van der Waals surface area (Å²) in [6.45, 7) is 2.70. The Bertz CT molecular complexity index is 994. The van der Waals surface area contributed by atoms with Gasteiger partial charge in [0.1, 0.15) is 5.75 Å². The molecule has 2 aromatic rings. The van der Waals surface area contributed by atoms with Gasteiger partial charge >= 0.3 is 0 Å². The van der Waals surface area contributed by atoms with Crippen LogP contribution in [-0.4, -0.2) is 38.8 Å². The van der Waals surface area contributed by atoms with Gasteiger partial charge in [0.25, 0.3) is 0 Å². The summed E-state index contributed by atoms with van der Waals surface area (Å²) in [5, 5.41) is 3.48. The fourth-order valence-corrected chi connectivity index (χ4v) is 5.32. The average molecular weight is 437 g/mol. The standard InChI is InChI=1S/C21H25ClN2O4S/c1-15-12-18(9-10-20(15)28-2)29(26,27)24-11-5-7-17(14-24)21(25)23-13-16-6-3-4-8-19(16)22/h3-4,6,8-10,12,17H,5,7,11,13-14H2,1-2H3,(H,23,25)/t17-/m0/s1. The molecule has 1 amide bonds. The molecule has 8 heteroatoms. The molecule has 1 atom stereocenters. The Labute approximate surface area is 176 Å². The monoisotopic (exact) mass is 436 g/mol. The molecule has 0 saturated carbocycles. The van der Waals surface area contributed by atoms with Crippen LogP contribution in [0.1, 0.15) is 24.0 Å². The molecule has 1 saturated heterocycles. The molecule has 1 heterocycles. The van der Waals surface area contributed by atoms with Gasteiger partial charge in [-0.25, -0.2) is 8.42 Å². The third-order valence-corrected chi connectivity index (χ3v) is 7.40. The smallest absolute Gasteiger partial charge is 0.243 e. The van der Waals surface area contributed by atoms with Gasteiger partial charge < -0.3 is 10.1 Å². The van der Waals surface area contributed by atoms with E-state index in [0.29, 0.717) is 36.7 Å². The van der Waals surface area contributed by atoms with Crippen LogP contribution in [-0.2, 0) is 21.4 Å². The summed E-state index contributed by atoms with van der Waals surface area (Å²) in [4.78, 5) is 12.9. The van der Waals surface area contributed by atoms with Crippen LogP contribution in [0.4, 0.5) is 0 Å². The van der Waals surface area contributed by atoms with Crippen molar-refractivity contribution in [2.45, 2.75) is 31.2 Å². The number of benzene rings is 2. The number of nitrogens with one attached hydrogen (secondary N) is 1. The second-order valence-corrected chi connectivity index (χ2v) is 9.49. The van der Waals surface area contributed by atoms with Gasteiger partial charge in [-0.1, -0.05) is 29.8 Å². The van der Waals surface area contributed by atoms with Crippen LogP contribution in [0, 0.1) is 12.8 Å². The van der Waals surface area contributed by atoms with Gasteiger partial charge in [-0.15, -0.1) is 0 Å². The Balaban J connectivity index is 1.68. The van der Waals surface area contributed by atoms with Crippen molar-refractivity contribution < 1.29 is 17.9 Å². The number of sulfonamides is 1. The van der Waals surface area contributed by atoms with E-state index in [1.807, 2.05) is 18.2 Å². The number of carbonyl (C=O) groups excluding carboxylic acids is 1. The van der Waals surface area contributed by atoms with E-state index in [1.165, 1.54) is 4.31 Å². The van der Waals surface area contributed by atoms with Gasteiger partial charge in [-0.3, -0.25) is 4.79 Å². The fourth-order valence-electron chi connectivity index (χ4n) is 3.50. The number of halogens is 1. The van der Waals surface area contributed by atoms with E-state index >= 15 is 0 Å². The zero-order valence-corrected chi connectivity index (χ0v) is 18.1. The Morgan fingerprint density at radius 1 is 1.28 bits per heavy atom. The van der Waals surface area contributed by atoms with E-state index in [1.54, 1.807) is 38.3 Å². The summed E-state index contributed by atoms with van der Waals surface area (Å²) < 4.78 is 32.7. The topological polar surface area (TPSA) is 75.7 Å². The highest BCUT2D eigenvalue weighted by atomic mass is 35.5. The van der Waals surface area contributed by atoms with E-state index in [9.17, 15) is 13.2 Å². The molecular formula is C21H25ClN2O4S. The predicted octanol–water partition coefficient (Wildman–Crippen LogP) is 3.37.